The Morgan fingerprint density at radius 3 is 2.41 bits per heavy atom. The molecule has 1 N–H and O–H groups in total. The number of likely N-dealkylation sites (tertiary alicyclic amines) is 1. The second-order valence-corrected chi connectivity index (χ2v) is 15.1. The van der Waals surface area contributed by atoms with Gasteiger partial charge in [-0.25, -0.2) is 0 Å². The smallest absolute Gasteiger partial charge is 0.305 e. The number of hydrogen-bond acceptors (Lipinski definition) is 4. The molecular formula is C25H37NO5Si. The van der Waals surface area contributed by atoms with E-state index in [0.29, 0.717) is 13.0 Å². The largest absolute Gasteiger partial charge is 0.481 e. The molecule has 3 atom stereocenters. The minimum absolute atomic E-state index is 0.0169. The number of allylic oxidation sites excluding steroid dienone is 1. The molecule has 0 aliphatic carbocycles. The predicted molar refractivity (Wildman–Crippen MR) is 128 cm³/mol. The molecule has 32 heavy (non-hydrogen) atoms. The van der Waals surface area contributed by atoms with Gasteiger partial charge in [0.1, 0.15) is 0 Å². The third-order valence-corrected chi connectivity index (χ3v) is 11.1. The molecule has 0 bridgehead atoms. The number of rotatable bonds is 10. The Bertz CT molecular complexity index is 844. The van der Waals surface area contributed by atoms with Crippen LogP contribution in [-0.4, -0.2) is 48.1 Å². The summed E-state index contributed by atoms with van der Waals surface area (Å²) >= 11 is 0. The highest BCUT2D eigenvalue weighted by atomic mass is 28.4. The van der Waals surface area contributed by atoms with Crippen LogP contribution in [0.4, 0.5) is 0 Å². The van der Waals surface area contributed by atoms with Crippen molar-refractivity contribution in [2.45, 2.75) is 83.8 Å². The summed E-state index contributed by atoms with van der Waals surface area (Å²) in [6.45, 7) is 12.9. The van der Waals surface area contributed by atoms with Crippen molar-refractivity contribution >= 4 is 26.0 Å². The van der Waals surface area contributed by atoms with E-state index in [1.54, 1.807) is 6.08 Å². The van der Waals surface area contributed by atoms with Gasteiger partial charge in [-0.05, 0) is 35.7 Å². The first-order chi connectivity index (χ1) is 14.8. The van der Waals surface area contributed by atoms with Crippen molar-refractivity contribution < 1.29 is 23.9 Å². The lowest BCUT2D eigenvalue weighted by molar-refractivity contribution is -0.139. The number of carboxylic acids is 1. The highest BCUT2D eigenvalue weighted by Crippen LogP contribution is 2.38. The van der Waals surface area contributed by atoms with Gasteiger partial charge in [0.25, 0.3) is 0 Å². The van der Waals surface area contributed by atoms with E-state index in [4.69, 9.17) is 4.43 Å². The molecule has 0 spiro atoms. The molecule has 1 fully saturated rings. The van der Waals surface area contributed by atoms with Gasteiger partial charge in [0.2, 0.25) is 5.91 Å². The maximum absolute atomic E-state index is 12.7. The van der Waals surface area contributed by atoms with Crippen LogP contribution in [0.5, 0.6) is 0 Å². The number of carboxylic acid groups (broad SMARTS) is 1. The van der Waals surface area contributed by atoms with E-state index in [-0.39, 0.29) is 41.5 Å². The van der Waals surface area contributed by atoms with Crippen molar-refractivity contribution in [1.29, 1.82) is 0 Å². The molecule has 1 aliphatic heterocycles. The minimum Gasteiger partial charge on any atom is -0.481 e. The van der Waals surface area contributed by atoms with Crippen LogP contribution in [0.3, 0.4) is 0 Å². The van der Waals surface area contributed by atoms with Crippen LogP contribution in [0.2, 0.25) is 18.1 Å². The summed E-state index contributed by atoms with van der Waals surface area (Å²) in [4.78, 5) is 38.4. The summed E-state index contributed by atoms with van der Waals surface area (Å²) in [5, 5.41) is 9.22. The number of carbonyl (C=O) groups is 3. The minimum atomic E-state index is -2.22. The van der Waals surface area contributed by atoms with E-state index in [9.17, 15) is 19.5 Å². The molecule has 1 aromatic carbocycles. The first kappa shape index (κ1) is 26.0. The Hall–Kier alpha value is -2.25. The van der Waals surface area contributed by atoms with Crippen molar-refractivity contribution in [3.63, 3.8) is 0 Å². The standard InChI is InChI=1S/C25H37NO5Si/c1-18-14-23(28)26(17-19-10-8-7-9-11-19)22(18)13-12-20(27)15-21(16-24(29)30)31-32(5,6)25(2,3)4/h7-13,18,21-22H,14-17H2,1-6H3,(H,29,30)/t18-,21+,22+/m0/s1. The molecule has 0 saturated carbocycles. The first-order valence-corrected chi connectivity index (χ1v) is 14.1. The van der Waals surface area contributed by atoms with E-state index in [2.05, 4.69) is 33.9 Å². The zero-order valence-corrected chi connectivity index (χ0v) is 21.1. The fourth-order valence-electron chi connectivity index (χ4n) is 3.70. The number of nitrogens with zero attached hydrogens (tertiary/aromatic N) is 1. The van der Waals surface area contributed by atoms with Crippen molar-refractivity contribution in [3.8, 4) is 0 Å². The molecule has 2 rings (SSSR count). The van der Waals surface area contributed by atoms with Crippen molar-refractivity contribution in [1.82, 2.24) is 4.90 Å². The zero-order chi connectivity index (χ0) is 24.1. The molecule has 0 aromatic heterocycles. The third kappa shape index (κ3) is 7.13. The number of aliphatic carboxylic acids is 1. The Morgan fingerprint density at radius 2 is 1.84 bits per heavy atom. The van der Waals surface area contributed by atoms with Gasteiger partial charge >= 0.3 is 5.97 Å². The lowest BCUT2D eigenvalue weighted by Gasteiger charge is -2.38. The number of hydrogen-bond donors (Lipinski definition) is 1. The van der Waals surface area contributed by atoms with E-state index in [1.807, 2.05) is 42.2 Å². The first-order valence-electron chi connectivity index (χ1n) is 11.2. The van der Waals surface area contributed by atoms with Gasteiger partial charge in [-0.1, -0.05) is 64.1 Å². The van der Waals surface area contributed by atoms with E-state index in [0.717, 1.165) is 5.56 Å². The second-order valence-electron chi connectivity index (χ2n) is 10.3. The molecule has 1 aromatic rings. The Morgan fingerprint density at radius 1 is 1.22 bits per heavy atom. The van der Waals surface area contributed by atoms with Gasteiger partial charge in [-0.3, -0.25) is 14.4 Å². The molecule has 1 amide bonds. The molecule has 6 nitrogen and oxygen atoms in total. The van der Waals surface area contributed by atoms with E-state index in [1.165, 1.54) is 6.08 Å². The second kappa shape index (κ2) is 10.6. The molecule has 1 saturated heterocycles. The molecule has 0 radical (unpaired) electrons. The normalized spacial score (nSPS) is 20.7. The fourth-order valence-corrected chi connectivity index (χ4v) is 5.05. The number of carbonyl (C=O) groups excluding carboxylic acids is 2. The lowest BCUT2D eigenvalue weighted by Crippen LogP contribution is -2.44. The maximum Gasteiger partial charge on any atom is 0.305 e. The van der Waals surface area contributed by atoms with Crippen LogP contribution >= 0.6 is 0 Å². The summed E-state index contributed by atoms with van der Waals surface area (Å²) in [6.07, 6.45) is 2.90. The van der Waals surface area contributed by atoms with Crippen LogP contribution in [0.25, 0.3) is 0 Å². The molecule has 0 unspecified atom stereocenters. The molecule has 7 heteroatoms. The SMILES string of the molecule is C[C@H]1CC(=O)N(Cc2ccccc2)[C@@H]1C=CC(=O)C[C@H](CC(=O)O)O[Si](C)(C)C(C)(C)C. The van der Waals surface area contributed by atoms with Crippen molar-refractivity contribution in [2.24, 2.45) is 5.92 Å². The van der Waals surface area contributed by atoms with Crippen molar-refractivity contribution in [2.75, 3.05) is 0 Å². The molecular weight excluding hydrogens is 422 g/mol. The summed E-state index contributed by atoms with van der Waals surface area (Å²) in [5.74, 6) is -0.974. The predicted octanol–water partition coefficient (Wildman–Crippen LogP) is 4.80. The monoisotopic (exact) mass is 459 g/mol. The highest BCUT2D eigenvalue weighted by Gasteiger charge is 2.40. The van der Waals surface area contributed by atoms with Gasteiger partial charge in [0.05, 0.1) is 18.6 Å². The van der Waals surface area contributed by atoms with E-state index >= 15 is 0 Å². The Kier molecular flexibility index (Phi) is 8.59. The fraction of sp³-hybridized carbons (Fsp3) is 0.560. The lowest BCUT2D eigenvalue weighted by atomic mass is 10.0. The summed E-state index contributed by atoms with van der Waals surface area (Å²) in [5.41, 5.74) is 1.05. The maximum atomic E-state index is 12.7. The van der Waals surface area contributed by atoms with Crippen molar-refractivity contribution in [3.05, 3.63) is 48.0 Å². The summed E-state index contributed by atoms with van der Waals surface area (Å²) in [6, 6.07) is 9.63. The molecule has 1 heterocycles. The number of benzene rings is 1. The van der Waals surface area contributed by atoms with Crippen LogP contribution in [0.1, 0.15) is 52.5 Å². The van der Waals surface area contributed by atoms with Gasteiger partial charge < -0.3 is 14.4 Å². The Labute approximate surface area is 192 Å². The topological polar surface area (TPSA) is 83.9 Å². The van der Waals surface area contributed by atoms with Crippen LogP contribution in [-0.2, 0) is 25.4 Å². The Balaban J connectivity index is 2.09. The zero-order valence-electron chi connectivity index (χ0n) is 20.1. The average Bonchev–Trinajstić information content (AvgIpc) is 2.91. The van der Waals surface area contributed by atoms with Crippen LogP contribution < -0.4 is 0 Å². The number of ketones is 1. The average molecular weight is 460 g/mol. The molecule has 176 valence electrons. The van der Waals surface area contributed by atoms with Crippen LogP contribution in [0, 0.1) is 5.92 Å². The highest BCUT2D eigenvalue weighted by molar-refractivity contribution is 6.74. The quantitative estimate of drug-likeness (QED) is 0.401. The number of amides is 1. The van der Waals surface area contributed by atoms with Gasteiger partial charge in [0, 0.05) is 19.4 Å². The van der Waals surface area contributed by atoms with Crippen LogP contribution in [0.15, 0.2) is 42.5 Å². The summed E-state index contributed by atoms with van der Waals surface area (Å²) < 4.78 is 6.23. The van der Waals surface area contributed by atoms with Gasteiger partial charge in [-0.15, -0.1) is 0 Å². The van der Waals surface area contributed by atoms with E-state index < -0.39 is 20.4 Å². The molecule has 1 aliphatic rings. The van der Waals surface area contributed by atoms with Gasteiger partial charge in [-0.2, -0.15) is 0 Å². The van der Waals surface area contributed by atoms with Gasteiger partial charge in [0.15, 0.2) is 14.1 Å². The third-order valence-electron chi connectivity index (χ3n) is 6.53. The summed E-state index contributed by atoms with van der Waals surface area (Å²) in [7, 11) is -2.22.